The Morgan fingerprint density at radius 1 is 0.949 bits per heavy atom. The lowest BCUT2D eigenvalue weighted by molar-refractivity contribution is -0.158. The molecule has 216 valence electrons. The topological polar surface area (TPSA) is 40.6 Å². The molecule has 0 aromatic heterocycles. The van der Waals surface area contributed by atoms with E-state index in [1.54, 1.807) is 12.1 Å². The Morgan fingerprint density at radius 3 is 2.36 bits per heavy atom. The van der Waals surface area contributed by atoms with Gasteiger partial charge < -0.3 is 9.80 Å². The molecule has 4 nitrogen and oxygen atoms in total. The molecule has 6 heteroatoms. The van der Waals surface area contributed by atoms with Gasteiger partial charge in [-0.05, 0) is 92.1 Å². The maximum Gasteiger partial charge on any atom is 0.257 e. The summed E-state index contributed by atoms with van der Waals surface area (Å²) in [5.41, 5.74) is 0.788. The molecule has 4 fully saturated rings. The van der Waals surface area contributed by atoms with E-state index in [0.717, 1.165) is 45.1 Å². The summed E-state index contributed by atoms with van der Waals surface area (Å²) < 4.78 is 0. The van der Waals surface area contributed by atoms with Crippen molar-refractivity contribution in [3.63, 3.8) is 0 Å². The molecule has 0 unspecified atom stereocenters. The minimum atomic E-state index is 0.0122. The molecule has 39 heavy (non-hydrogen) atoms. The van der Waals surface area contributed by atoms with Gasteiger partial charge in [-0.2, -0.15) is 0 Å². The fourth-order valence-electron chi connectivity index (χ4n) is 9.77. The van der Waals surface area contributed by atoms with Gasteiger partial charge in [0, 0.05) is 32.1 Å². The van der Waals surface area contributed by atoms with Crippen LogP contribution in [0.5, 0.6) is 0 Å². The first kappa shape index (κ1) is 29.2. The first-order valence-corrected chi connectivity index (χ1v) is 16.4. The third kappa shape index (κ3) is 5.05. The van der Waals surface area contributed by atoms with Crippen LogP contribution in [-0.2, 0) is 4.79 Å². The Balaban J connectivity index is 1.41. The number of fused-ring (bicyclic) bond motifs is 5. The van der Waals surface area contributed by atoms with E-state index in [-0.39, 0.29) is 22.8 Å². The van der Waals surface area contributed by atoms with Crippen LogP contribution in [0.15, 0.2) is 18.2 Å². The molecule has 0 N–H and O–H groups in total. The van der Waals surface area contributed by atoms with Crippen molar-refractivity contribution >= 4 is 35.0 Å². The number of halogens is 2. The first-order chi connectivity index (χ1) is 18.6. The number of amides is 2. The molecule has 4 aliphatic rings. The molecule has 5 rings (SSSR count). The minimum absolute atomic E-state index is 0.0122. The average molecular weight is 576 g/mol. The predicted molar refractivity (Wildman–Crippen MR) is 160 cm³/mol. The van der Waals surface area contributed by atoms with Gasteiger partial charge in [0.2, 0.25) is 5.91 Å². The van der Waals surface area contributed by atoms with Gasteiger partial charge in [-0.3, -0.25) is 9.59 Å². The maximum atomic E-state index is 14.2. The van der Waals surface area contributed by atoms with Crippen molar-refractivity contribution in [1.29, 1.82) is 0 Å². The van der Waals surface area contributed by atoms with Crippen molar-refractivity contribution in [3.8, 4) is 0 Å². The van der Waals surface area contributed by atoms with Crippen LogP contribution in [-0.4, -0.2) is 47.3 Å². The van der Waals surface area contributed by atoms with Crippen molar-refractivity contribution in [1.82, 2.24) is 9.80 Å². The highest BCUT2D eigenvalue weighted by Crippen LogP contribution is 2.65. The summed E-state index contributed by atoms with van der Waals surface area (Å²) in [5, 5.41) is 0.906. The van der Waals surface area contributed by atoms with Gasteiger partial charge in [-0.25, -0.2) is 0 Å². The Kier molecular flexibility index (Phi) is 8.66. The highest BCUT2D eigenvalue weighted by molar-refractivity contribution is 6.39. The molecular formula is C33H48Cl2N2O2. The Hall–Kier alpha value is -1.26. The second kappa shape index (κ2) is 11.6. The van der Waals surface area contributed by atoms with E-state index in [1.165, 1.54) is 38.5 Å². The number of hydrogen-bond acceptors (Lipinski definition) is 2. The van der Waals surface area contributed by atoms with Crippen molar-refractivity contribution in [2.24, 2.45) is 28.6 Å². The van der Waals surface area contributed by atoms with E-state index in [2.05, 4.69) is 30.6 Å². The standard InChI is InChI=1S/C33H48Cl2N2O2/c1-5-6-7-8-9-21-37(31(39)30-25(34)11-10-12-26(30)35)28-16-14-23-22-13-15-27-32(2,20-18-29(38)36(27)4)24(22)17-19-33(23,28)3/h10-12,22-24,27-28H,5-9,13-21H2,1-4H3/t22-,23-,24-,27+,28-,32+,33-/m0/s1. The molecule has 3 aliphatic carbocycles. The zero-order chi connectivity index (χ0) is 27.9. The molecule has 1 aliphatic heterocycles. The van der Waals surface area contributed by atoms with Gasteiger partial charge in [0.25, 0.3) is 5.91 Å². The number of carbonyl (C=O) groups excluding carboxylic acids is 2. The number of nitrogens with zero attached hydrogens (tertiary/aromatic N) is 2. The summed E-state index contributed by atoms with van der Waals surface area (Å²) in [7, 11) is 2.03. The predicted octanol–water partition coefficient (Wildman–Crippen LogP) is 8.64. The number of likely N-dealkylation sites (tertiary alicyclic amines) is 1. The molecule has 3 saturated carbocycles. The zero-order valence-corrected chi connectivity index (χ0v) is 26.0. The fourth-order valence-corrected chi connectivity index (χ4v) is 10.3. The summed E-state index contributed by atoms with van der Waals surface area (Å²) in [6.45, 7) is 7.99. The smallest absolute Gasteiger partial charge is 0.257 e. The molecule has 0 bridgehead atoms. The largest absolute Gasteiger partial charge is 0.342 e. The second-order valence-corrected chi connectivity index (χ2v) is 14.4. The van der Waals surface area contributed by atoms with E-state index in [9.17, 15) is 9.59 Å². The number of unbranched alkanes of at least 4 members (excludes halogenated alkanes) is 4. The third-order valence-electron chi connectivity index (χ3n) is 11.8. The van der Waals surface area contributed by atoms with Crippen LogP contribution in [0.2, 0.25) is 10.0 Å². The monoisotopic (exact) mass is 574 g/mol. The zero-order valence-electron chi connectivity index (χ0n) is 24.5. The number of hydrogen-bond donors (Lipinski definition) is 0. The quantitative estimate of drug-likeness (QED) is 0.291. The summed E-state index contributed by atoms with van der Waals surface area (Å²) in [6.07, 6.45) is 14.5. The summed E-state index contributed by atoms with van der Waals surface area (Å²) in [6, 6.07) is 5.99. The van der Waals surface area contributed by atoms with Crippen molar-refractivity contribution < 1.29 is 9.59 Å². The normalized spacial score (nSPS) is 35.8. The van der Waals surface area contributed by atoms with Crippen LogP contribution in [0.3, 0.4) is 0 Å². The van der Waals surface area contributed by atoms with E-state index in [0.29, 0.717) is 51.7 Å². The van der Waals surface area contributed by atoms with Crippen LogP contribution in [0.4, 0.5) is 0 Å². The van der Waals surface area contributed by atoms with Gasteiger partial charge in [-0.15, -0.1) is 0 Å². The van der Waals surface area contributed by atoms with Crippen LogP contribution >= 0.6 is 23.2 Å². The minimum Gasteiger partial charge on any atom is -0.342 e. The van der Waals surface area contributed by atoms with Crippen LogP contribution in [0.25, 0.3) is 0 Å². The van der Waals surface area contributed by atoms with Crippen molar-refractivity contribution in [3.05, 3.63) is 33.8 Å². The number of piperidine rings is 1. The van der Waals surface area contributed by atoms with Crippen LogP contribution in [0, 0.1) is 28.6 Å². The fraction of sp³-hybridized carbons (Fsp3) is 0.758. The summed E-state index contributed by atoms with van der Waals surface area (Å²) >= 11 is 13.2. The number of carbonyl (C=O) groups is 2. The molecule has 1 aromatic carbocycles. The second-order valence-electron chi connectivity index (χ2n) is 13.6. The molecule has 1 heterocycles. The summed E-state index contributed by atoms with van der Waals surface area (Å²) in [5.74, 6) is 2.31. The summed E-state index contributed by atoms with van der Waals surface area (Å²) in [4.78, 5) is 31.0. The van der Waals surface area contributed by atoms with Crippen LogP contribution < -0.4 is 0 Å². The molecule has 7 atom stereocenters. The molecular weight excluding hydrogens is 527 g/mol. The lowest BCUT2D eigenvalue weighted by Crippen LogP contribution is -2.62. The highest BCUT2D eigenvalue weighted by atomic mass is 35.5. The van der Waals surface area contributed by atoms with Gasteiger partial charge in [-0.1, -0.05) is 75.7 Å². The molecule has 1 aromatic rings. The lowest BCUT2D eigenvalue weighted by atomic mass is 9.47. The van der Waals surface area contributed by atoms with Gasteiger partial charge in [0.05, 0.1) is 15.6 Å². The van der Waals surface area contributed by atoms with Crippen LogP contribution in [0.1, 0.15) is 115 Å². The Bertz CT molecular complexity index is 1060. The van der Waals surface area contributed by atoms with E-state index >= 15 is 0 Å². The first-order valence-electron chi connectivity index (χ1n) is 15.6. The van der Waals surface area contributed by atoms with Gasteiger partial charge in [0.1, 0.15) is 0 Å². The Morgan fingerprint density at radius 2 is 1.64 bits per heavy atom. The molecule has 0 radical (unpaired) electrons. The number of rotatable bonds is 8. The van der Waals surface area contributed by atoms with Gasteiger partial charge in [0.15, 0.2) is 0 Å². The van der Waals surface area contributed by atoms with E-state index < -0.39 is 0 Å². The highest BCUT2D eigenvalue weighted by Gasteiger charge is 2.62. The molecule has 1 saturated heterocycles. The lowest BCUT2D eigenvalue weighted by Gasteiger charge is -2.62. The SMILES string of the molecule is CCCCCCCN(C(=O)c1c(Cl)cccc1Cl)[C@H]1CC[C@H]2[C@@H]3CC[C@H]4N(C)C(=O)CC[C@]4(C)[C@H]3CC[C@]12C. The molecule has 2 amide bonds. The third-order valence-corrected chi connectivity index (χ3v) is 12.5. The molecule has 0 spiro atoms. The number of benzene rings is 1. The van der Waals surface area contributed by atoms with Crippen molar-refractivity contribution in [2.45, 2.75) is 116 Å². The average Bonchev–Trinajstić information content (AvgIpc) is 3.25. The Labute approximate surface area is 246 Å². The van der Waals surface area contributed by atoms with Crippen molar-refractivity contribution in [2.75, 3.05) is 13.6 Å². The van der Waals surface area contributed by atoms with E-state index in [1.807, 2.05) is 13.1 Å². The van der Waals surface area contributed by atoms with Gasteiger partial charge >= 0.3 is 0 Å². The van der Waals surface area contributed by atoms with E-state index in [4.69, 9.17) is 23.2 Å². The maximum absolute atomic E-state index is 14.2.